The number of aryl methyl sites for hydroxylation is 1. The SMILES string of the molecule is CCCn1c(=O)[nH]c2cc(Br)ccc21. The van der Waals surface area contributed by atoms with Crippen LogP contribution < -0.4 is 5.69 Å². The van der Waals surface area contributed by atoms with Gasteiger partial charge in [-0.1, -0.05) is 22.9 Å². The van der Waals surface area contributed by atoms with Crippen LogP contribution in [0.4, 0.5) is 0 Å². The number of hydrogen-bond acceptors (Lipinski definition) is 1. The van der Waals surface area contributed by atoms with Gasteiger partial charge in [0.2, 0.25) is 0 Å². The predicted octanol–water partition coefficient (Wildman–Crippen LogP) is 2.50. The van der Waals surface area contributed by atoms with Gasteiger partial charge in [0.15, 0.2) is 0 Å². The lowest BCUT2D eigenvalue weighted by Crippen LogP contribution is -2.16. The Hall–Kier alpha value is -1.03. The lowest BCUT2D eigenvalue weighted by molar-refractivity contribution is 0.674. The summed E-state index contributed by atoms with van der Waals surface area (Å²) in [5.74, 6) is 0. The topological polar surface area (TPSA) is 37.8 Å². The van der Waals surface area contributed by atoms with Crippen molar-refractivity contribution in [2.24, 2.45) is 0 Å². The molecule has 0 aliphatic heterocycles. The molecular weight excluding hydrogens is 244 g/mol. The molecule has 0 saturated heterocycles. The zero-order valence-corrected chi connectivity index (χ0v) is 9.47. The third-order valence-corrected chi connectivity index (χ3v) is 2.68. The summed E-state index contributed by atoms with van der Waals surface area (Å²) in [7, 11) is 0. The normalized spacial score (nSPS) is 11.0. The molecule has 1 aromatic heterocycles. The first-order chi connectivity index (χ1) is 6.72. The van der Waals surface area contributed by atoms with E-state index in [0.29, 0.717) is 0 Å². The van der Waals surface area contributed by atoms with E-state index >= 15 is 0 Å². The molecule has 0 fully saturated rings. The fraction of sp³-hybridized carbons (Fsp3) is 0.300. The van der Waals surface area contributed by atoms with Gasteiger partial charge in [0, 0.05) is 11.0 Å². The number of nitrogens with one attached hydrogen (secondary N) is 1. The number of imidazole rings is 1. The van der Waals surface area contributed by atoms with Crippen LogP contribution in [-0.2, 0) is 6.54 Å². The van der Waals surface area contributed by atoms with E-state index in [4.69, 9.17) is 0 Å². The van der Waals surface area contributed by atoms with Crippen molar-refractivity contribution in [2.75, 3.05) is 0 Å². The zero-order chi connectivity index (χ0) is 10.1. The van der Waals surface area contributed by atoms with Gasteiger partial charge < -0.3 is 4.98 Å². The predicted molar refractivity (Wildman–Crippen MR) is 60.5 cm³/mol. The quantitative estimate of drug-likeness (QED) is 0.879. The number of nitrogens with zero attached hydrogens (tertiary/aromatic N) is 1. The minimum absolute atomic E-state index is 0.0278. The Kier molecular flexibility index (Phi) is 2.46. The first-order valence-electron chi connectivity index (χ1n) is 4.60. The maximum Gasteiger partial charge on any atom is 0.326 e. The number of fused-ring (bicyclic) bond motifs is 1. The fourth-order valence-electron chi connectivity index (χ4n) is 1.58. The highest BCUT2D eigenvalue weighted by Crippen LogP contribution is 2.16. The van der Waals surface area contributed by atoms with E-state index < -0.39 is 0 Å². The Balaban J connectivity index is 2.71. The van der Waals surface area contributed by atoms with Crippen LogP contribution in [0, 0.1) is 0 Å². The molecular formula is C10H11BrN2O. The number of aromatic nitrogens is 2. The first-order valence-corrected chi connectivity index (χ1v) is 5.39. The van der Waals surface area contributed by atoms with E-state index in [1.807, 2.05) is 18.2 Å². The Bertz CT molecular complexity index is 512. The van der Waals surface area contributed by atoms with Crippen LogP contribution >= 0.6 is 15.9 Å². The largest absolute Gasteiger partial charge is 0.326 e. The molecule has 14 heavy (non-hydrogen) atoms. The third-order valence-electron chi connectivity index (χ3n) is 2.18. The summed E-state index contributed by atoms with van der Waals surface area (Å²) < 4.78 is 2.75. The van der Waals surface area contributed by atoms with Gasteiger partial charge in [0.05, 0.1) is 11.0 Å². The number of halogens is 1. The zero-order valence-electron chi connectivity index (χ0n) is 7.88. The van der Waals surface area contributed by atoms with Crippen molar-refractivity contribution in [1.29, 1.82) is 0 Å². The molecule has 1 heterocycles. The highest BCUT2D eigenvalue weighted by Gasteiger charge is 2.04. The highest BCUT2D eigenvalue weighted by molar-refractivity contribution is 9.10. The van der Waals surface area contributed by atoms with Crippen molar-refractivity contribution in [3.8, 4) is 0 Å². The van der Waals surface area contributed by atoms with Crippen LogP contribution in [-0.4, -0.2) is 9.55 Å². The minimum Gasteiger partial charge on any atom is -0.305 e. The summed E-state index contributed by atoms with van der Waals surface area (Å²) >= 11 is 3.37. The molecule has 0 amide bonds. The number of hydrogen-bond donors (Lipinski definition) is 1. The summed E-state index contributed by atoms with van der Waals surface area (Å²) in [5.41, 5.74) is 1.83. The molecule has 74 valence electrons. The average molecular weight is 255 g/mol. The Labute approximate surface area is 89.9 Å². The van der Waals surface area contributed by atoms with Crippen molar-refractivity contribution >= 4 is 27.0 Å². The first kappa shape index (κ1) is 9.52. The summed E-state index contributed by atoms with van der Waals surface area (Å²) in [5, 5.41) is 0. The second kappa shape index (κ2) is 3.61. The maximum absolute atomic E-state index is 11.5. The highest BCUT2D eigenvalue weighted by atomic mass is 79.9. The third kappa shape index (κ3) is 1.50. The van der Waals surface area contributed by atoms with Crippen LogP contribution in [0.3, 0.4) is 0 Å². The Morgan fingerprint density at radius 3 is 3.00 bits per heavy atom. The maximum atomic E-state index is 11.5. The molecule has 0 bridgehead atoms. The number of benzene rings is 1. The average Bonchev–Trinajstić information content (AvgIpc) is 2.43. The van der Waals surface area contributed by atoms with Crippen molar-refractivity contribution < 1.29 is 0 Å². The second-order valence-electron chi connectivity index (χ2n) is 3.24. The lowest BCUT2D eigenvalue weighted by Gasteiger charge is -1.99. The molecule has 0 unspecified atom stereocenters. The summed E-state index contributed by atoms with van der Waals surface area (Å²) in [4.78, 5) is 14.4. The molecule has 2 aromatic rings. The number of aromatic amines is 1. The fourth-order valence-corrected chi connectivity index (χ4v) is 1.94. The Morgan fingerprint density at radius 2 is 2.29 bits per heavy atom. The van der Waals surface area contributed by atoms with Crippen LogP contribution in [0.5, 0.6) is 0 Å². The summed E-state index contributed by atoms with van der Waals surface area (Å²) in [6.45, 7) is 2.82. The van der Waals surface area contributed by atoms with E-state index in [1.54, 1.807) is 4.57 Å². The molecule has 0 spiro atoms. The Morgan fingerprint density at radius 1 is 1.50 bits per heavy atom. The lowest BCUT2D eigenvalue weighted by atomic mass is 10.3. The molecule has 4 heteroatoms. The molecule has 0 atom stereocenters. The standard InChI is InChI=1S/C10H11BrN2O/c1-2-5-13-9-4-3-7(11)6-8(9)12-10(13)14/h3-4,6H,2,5H2,1H3,(H,12,14). The van der Waals surface area contributed by atoms with Gasteiger partial charge in [-0.05, 0) is 24.6 Å². The minimum atomic E-state index is -0.0278. The molecule has 0 saturated carbocycles. The smallest absolute Gasteiger partial charge is 0.305 e. The molecule has 0 radical (unpaired) electrons. The van der Waals surface area contributed by atoms with Gasteiger partial charge in [-0.25, -0.2) is 4.79 Å². The van der Waals surface area contributed by atoms with Crippen LogP contribution in [0.25, 0.3) is 11.0 Å². The number of rotatable bonds is 2. The molecule has 2 rings (SSSR count). The van der Waals surface area contributed by atoms with Crippen molar-refractivity contribution in [1.82, 2.24) is 9.55 Å². The molecule has 0 aliphatic rings. The van der Waals surface area contributed by atoms with E-state index in [2.05, 4.69) is 27.8 Å². The molecule has 1 aromatic carbocycles. The second-order valence-corrected chi connectivity index (χ2v) is 4.16. The van der Waals surface area contributed by atoms with Gasteiger partial charge in [-0.15, -0.1) is 0 Å². The van der Waals surface area contributed by atoms with Gasteiger partial charge >= 0.3 is 5.69 Å². The van der Waals surface area contributed by atoms with Gasteiger partial charge in [0.25, 0.3) is 0 Å². The molecule has 0 aliphatic carbocycles. The number of H-pyrrole nitrogens is 1. The molecule has 3 nitrogen and oxygen atoms in total. The van der Waals surface area contributed by atoms with Crippen molar-refractivity contribution in [2.45, 2.75) is 19.9 Å². The van der Waals surface area contributed by atoms with Crippen LogP contribution in [0.2, 0.25) is 0 Å². The van der Waals surface area contributed by atoms with Crippen LogP contribution in [0.15, 0.2) is 27.5 Å². The monoisotopic (exact) mass is 254 g/mol. The van der Waals surface area contributed by atoms with Gasteiger partial charge in [0.1, 0.15) is 0 Å². The van der Waals surface area contributed by atoms with E-state index in [1.165, 1.54) is 0 Å². The van der Waals surface area contributed by atoms with Gasteiger partial charge in [-0.3, -0.25) is 4.57 Å². The van der Waals surface area contributed by atoms with E-state index in [9.17, 15) is 4.79 Å². The summed E-state index contributed by atoms with van der Waals surface area (Å²) in [6.07, 6.45) is 0.961. The molecule has 1 N–H and O–H groups in total. The summed E-state index contributed by atoms with van der Waals surface area (Å²) in [6, 6.07) is 5.82. The van der Waals surface area contributed by atoms with E-state index in [0.717, 1.165) is 28.5 Å². The van der Waals surface area contributed by atoms with Crippen LogP contribution in [0.1, 0.15) is 13.3 Å². The van der Waals surface area contributed by atoms with Gasteiger partial charge in [-0.2, -0.15) is 0 Å². The van der Waals surface area contributed by atoms with Crippen molar-refractivity contribution in [3.63, 3.8) is 0 Å². The van der Waals surface area contributed by atoms with Crippen molar-refractivity contribution in [3.05, 3.63) is 33.2 Å². The van der Waals surface area contributed by atoms with E-state index in [-0.39, 0.29) is 5.69 Å².